The topological polar surface area (TPSA) is 102 Å². The van der Waals surface area contributed by atoms with Crippen LogP contribution in [0.2, 0.25) is 0 Å². The molecule has 3 aromatic rings. The number of methoxy groups -OCH3 is 2. The third kappa shape index (κ3) is 5.43. The maximum Gasteiger partial charge on any atom is 0.337 e. The number of anilines is 2. The molecule has 0 spiro atoms. The summed E-state index contributed by atoms with van der Waals surface area (Å²) in [5.74, 6) is 2.09. The molecule has 1 aliphatic heterocycles. The zero-order valence-electron chi connectivity index (χ0n) is 19.7. The van der Waals surface area contributed by atoms with E-state index >= 15 is 0 Å². The Morgan fingerprint density at radius 3 is 2.65 bits per heavy atom. The van der Waals surface area contributed by atoms with Gasteiger partial charge in [0.1, 0.15) is 23.7 Å². The largest absolute Gasteiger partial charge is 0.496 e. The number of ether oxygens (including phenoxy) is 2. The van der Waals surface area contributed by atoms with Crippen molar-refractivity contribution in [1.29, 1.82) is 0 Å². The van der Waals surface area contributed by atoms with Crippen LogP contribution in [0.1, 0.15) is 28.8 Å². The number of hydrogen-bond donors (Lipinski definition) is 2. The van der Waals surface area contributed by atoms with Crippen molar-refractivity contribution in [2.45, 2.75) is 12.8 Å². The first-order chi connectivity index (χ1) is 16.6. The van der Waals surface area contributed by atoms with Gasteiger partial charge in [-0.2, -0.15) is 0 Å². The van der Waals surface area contributed by atoms with Crippen molar-refractivity contribution in [1.82, 2.24) is 20.3 Å². The number of carbonyl (C=O) groups excluding carboxylic acids is 1. The molecule has 0 radical (unpaired) electrons. The quantitative estimate of drug-likeness (QED) is 0.489. The van der Waals surface area contributed by atoms with Gasteiger partial charge in [0.25, 0.3) is 0 Å². The van der Waals surface area contributed by atoms with Crippen LogP contribution in [0.3, 0.4) is 0 Å². The van der Waals surface area contributed by atoms with Gasteiger partial charge in [0.2, 0.25) is 0 Å². The SMILES string of the molecule is COC(=O)c1ccc(C(C)CNc2cc(-c3ccc(N4CCNCC4)nc3)ncn2)c(OC)c1. The molecule has 1 fully saturated rings. The lowest BCUT2D eigenvalue weighted by molar-refractivity contribution is 0.0600. The molecule has 1 saturated heterocycles. The molecule has 4 rings (SSSR count). The van der Waals surface area contributed by atoms with E-state index < -0.39 is 0 Å². The Balaban J connectivity index is 1.42. The van der Waals surface area contributed by atoms with Crippen LogP contribution in [0.15, 0.2) is 48.9 Å². The second kappa shape index (κ2) is 10.9. The molecule has 0 aliphatic carbocycles. The number of hydrogen-bond acceptors (Lipinski definition) is 9. The fraction of sp³-hybridized carbons (Fsp3) is 0.360. The molecule has 3 heterocycles. The highest BCUT2D eigenvalue weighted by Crippen LogP contribution is 2.28. The molecule has 2 N–H and O–H groups in total. The van der Waals surface area contributed by atoms with Crippen LogP contribution in [-0.2, 0) is 4.74 Å². The molecule has 1 unspecified atom stereocenters. The standard InChI is InChI=1S/C25H30N6O3/c1-17(20-6-4-18(25(32)34-3)12-22(20)33-2)14-27-23-13-21(29-16-30-23)19-5-7-24(28-15-19)31-10-8-26-9-11-31/h4-7,12-13,15-17,26H,8-11,14H2,1-3H3,(H,27,29,30). The smallest absolute Gasteiger partial charge is 0.337 e. The Kier molecular flexibility index (Phi) is 7.54. The molecular weight excluding hydrogens is 432 g/mol. The van der Waals surface area contributed by atoms with Gasteiger partial charge < -0.3 is 25.0 Å². The second-order valence-electron chi connectivity index (χ2n) is 8.16. The summed E-state index contributed by atoms with van der Waals surface area (Å²) in [6, 6.07) is 11.4. The normalized spacial score (nSPS) is 14.4. The summed E-state index contributed by atoms with van der Waals surface area (Å²) in [4.78, 5) is 27.5. The predicted octanol–water partition coefficient (Wildman–Crippen LogP) is 2.96. The van der Waals surface area contributed by atoms with Crippen molar-refractivity contribution in [3.8, 4) is 17.0 Å². The average Bonchev–Trinajstić information content (AvgIpc) is 2.91. The molecule has 1 aromatic carbocycles. The van der Waals surface area contributed by atoms with Crippen LogP contribution in [0.5, 0.6) is 5.75 Å². The maximum atomic E-state index is 11.8. The average molecular weight is 463 g/mol. The summed E-state index contributed by atoms with van der Waals surface area (Å²) in [6.07, 6.45) is 3.41. The van der Waals surface area contributed by atoms with Gasteiger partial charge in [-0.3, -0.25) is 0 Å². The minimum Gasteiger partial charge on any atom is -0.496 e. The zero-order valence-corrected chi connectivity index (χ0v) is 19.7. The van der Waals surface area contributed by atoms with Crippen LogP contribution in [0.25, 0.3) is 11.3 Å². The van der Waals surface area contributed by atoms with Crippen LogP contribution in [0, 0.1) is 0 Å². The molecule has 178 valence electrons. The highest BCUT2D eigenvalue weighted by molar-refractivity contribution is 5.90. The van der Waals surface area contributed by atoms with Crippen LogP contribution < -0.4 is 20.3 Å². The highest BCUT2D eigenvalue weighted by Gasteiger charge is 2.16. The first-order valence-corrected chi connectivity index (χ1v) is 11.3. The number of nitrogens with one attached hydrogen (secondary N) is 2. The summed E-state index contributed by atoms with van der Waals surface area (Å²) < 4.78 is 10.3. The summed E-state index contributed by atoms with van der Waals surface area (Å²) >= 11 is 0. The first kappa shape index (κ1) is 23.4. The third-order valence-corrected chi connectivity index (χ3v) is 5.93. The minimum atomic E-state index is -0.389. The highest BCUT2D eigenvalue weighted by atomic mass is 16.5. The summed E-state index contributed by atoms with van der Waals surface area (Å²) in [6.45, 7) is 6.59. The van der Waals surface area contributed by atoms with Gasteiger partial charge >= 0.3 is 5.97 Å². The van der Waals surface area contributed by atoms with Crippen molar-refractivity contribution >= 4 is 17.6 Å². The lowest BCUT2D eigenvalue weighted by Crippen LogP contribution is -2.43. The Bertz CT molecular complexity index is 1120. The number of aromatic nitrogens is 3. The number of nitrogens with zero attached hydrogens (tertiary/aromatic N) is 4. The van der Waals surface area contributed by atoms with Crippen LogP contribution >= 0.6 is 0 Å². The molecule has 9 heteroatoms. The number of rotatable bonds is 8. The van der Waals surface area contributed by atoms with Crippen LogP contribution in [0.4, 0.5) is 11.6 Å². The first-order valence-electron chi connectivity index (χ1n) is 11.3. The van der Waals surface area contributed by atoms with Crippen molar-refractivity contribution < 1.29 is 14.3 Å². The van der Waals surface area contributed by atoms with Gasteiger partial charge in [-0.05, 0) is 29.8 Å². The molecule has 0 saturated carbocycles. The van der Waals surface area contributed by atoms with Gasteiger partial charge in [-0.1, -0.05) is 13.0 Å². The van der Waals surface area contributed by atoms with E-state index in [1.807, 2.05) is 30.5 Å². The van der Waals surface area contributed by atoms with E-state index in [1.165, 1.54) is 7.11 Å². The lowest BCUT2D eigenvalue weighted by Gasteiger charge is -2.28. The van der Waals surface area contributed by atoms with E-state index in [9.17, 15) is 4.79 Å². The molecular formula is C25H30N6O3. The van der Waals surface area contributed by atoms with Crippen molar-refractivity contribution in [3.63, 3.8) is 0 Å². The molecule has 1 aliphatic rings. The van der Waals surface area contributed by atoms with Gasteiger partial charge in [0, 0.05) is 56.5 Å². The van der Waals surface area contributed by atoms with E-state index in [2.05, 4.69) is 37.4 Å². The monoisotopic (exact) mass is 462 g/mol. The molecule has 1 atom stereocenters. The lowest BCUT2D eigenvalue weighted by atomic mass is 9.98. The van der Waals surface area contributed by atoms with Gasteiger partial charge in [0.15, 0.2) is 0 Å². The molecule has 0 bridgehead atoms. The number of piperazine rings is 1. The fourth-order valence-electron chi connectivity index (χ4n) is 3.96. The summed E-state index contributed by atoms with van der Waals surface area (Å²) in [7, 11) is 2.96. The van der Waals surface area contributed by atoms with Crippen LogP contribution in [-0.4, -0.2) is 67.9 Å². The predicted molar refractivity (Wildman–Crippen MR) is 132 cm³/mol. The third-order valence-electron chi connectivity index (χ3n) is 5.93. The minimum absolute atomic E-state index is 0.111. The number of benzene rings is 1. The Labute approximate surface area is 199 Å². The molecule has 34 heavy (non-hydrogen) atoms. The van der Waals surface area contributed by atoms with Gasteiger partial charge in [0.05, 0.1) is 25.5 Å². The van der Waals surface area contributed by atoms with E-state index in [4.69, 9.17) is 9.47 Å². The van der Waals surface area contributed by atoms with Gasteiger partial charge in [-0.15, -0.1) is 0 Å². The number of esters is 1. The number of carbonyl (C=O) groups is 1. The second-order valence-corrected chi connectivity index (χ2v) is 8.16. The fourth-order valence-corrected chi connectivity index (χ4v) is 3.96. The zero-order chi connectivity index (χ0) is 23.9. The molecule has 0 amide bonds. The maximum absolute atomic E-state index is 11.8. The molecule has 2 aromatic heterocycles. The Morgan fingerprint density at radius 1 is 1.12 bits per heavy atom. The molecule has 9 nitrogen and oxygen atoms in total. The summed E-state index contributed by atoms with van der Waals surface area (Å²) in [5.41, 5.74) is 3.20. The Hall–Kier alpha value is -3.72. The Morgan fingerprint density at radius 2 is 1.94 bits per heavy atom. The van der Waals surface area contributed by atoms with Crippen molar-refractivity contribution in [3.05, 3.63) is 60.0 Å². The van der Waals surface area contributed by atoms with E-state index in [1.54, 1.807) is 25.6 Å². The van der Waals surface area contributed by atoms with E-state index in [0.717, 1.165) is 54.6 Å². The van der Waals surface area contributed by atoms with E-state index in [0.29, 0.717) is 17.9 Å². The van der Waals surface area contributed by atoms with Gasteiger partial charge in [-0.25, -0.2) is 19.7 Å². The number of pyridine rings is 1. The van der Waals surface area contributed by atoms with Crippen molar-refractivity contribution in [2.24, 2.45) is 0 Å². The summed E-state index contributed by atoms with van der Waals surface area (Å²) in [5, 5.41) is 6.74. The van der Waals surface area contributed by atoms with E-state index in [-0.39, 0.29) is 11.9 Å². The van der Waals surface area contributed by atoms with Crippen molar-refractivity contribution in [2.75, 3.05) is 57.2 Å².